The second-order valence-electron chi connectivity index (χ2n) is 7.16. The van der Waals surface area contributed by atoms with E-state index in [2.05, 4.69) is 6.07 Å². The van der Waals surface area contributed by atoms with Gasteiger partial charge in [-0.3, -0.25) is 4.79 Å². The van der Waals surface area contributed by atoms with E-state index in [-0.39, 0.29) is 10.8 Å². The summed E-state index contributed by atoms with van der Waals surface area (Å²) in [5.41, 5.74) is 1.59. The summed E-state index contributed by atoms with van der Waals surface area (Å²) >= 11 is 6.05. The second kappa shape index (κ2) is 8.61. The molecule has 0 aromatic heterocycles. The van der Waals surface area contributed by atoms with Crippen LogP contribution in [0.1, 0.15) is 15.9 Å². The van der Waals surface area contributed by atoms with Gasteiger partial charge in [0, 0.05) is 30.2 Å². The van der Waals surface area contributed by atoms with E-state index < -0.39 is 10.0 Å². The molecule has 0 aliphatic carbocycles. The van der Waals surface area contributed by atoms with E-state index in [0.717, 1.165) is 29.0 Å². The van der Waals surface area contributed by atoms with Crippen LogP contribution in [-0.4, -0.2) is 63.8 Å². The van der Waals surface area contributed by atoms with E-state index in [0.29, 0.717) is 18.7 Å². The summed E-state index contributed by atoms with van der Waals surface area (Å²) in [6.07, 6.45) is 0. The van der Waals surface area contributed by atoms with Crippen molar-refractivity contribution >= 4 is 27.5 Å². The molecule has 8 heteroatoms. The average Bonchev–Trinajstić information content (AvgIpc) is 2.68. The summed E-state index contributed by atoms with van der Waals surface area (Å²) in [5.74, 6) is -0.127. The van der Waals surface area contributed by atoms with Crippen molar-refractivity contribution < 1.29 is 18.1 Å². The molecule has 1 heterocycles. The summed E-state index contributed by atoms with van der Waals surface area (Å²) in [7, 11) is -0.607. The number of rotatable bonds is 5. The van der Waals surface area contributed by atoms with Crippen molar-refractivity contribution in [2.24, 2.45) is 0 Å². The number of halogens is 1. The fourth-order valence-corrected chi connectivity index (χ4v) is 4.48. The fraction of sp³-hybridized carbons (Fsp3) is 0.350. The smallest absolute Gasteiger partial charge is 0.254 e. The zero-order chi connectivity index (χ0) is 20.3. The average molecular weight is 423 g/mol. The minimum atomic E-state index is -3.56. The number of carbonyl (C=O) groups is 1. The first-order chi connectivity index (χ1) is 13.3. The summed E-state index contributed by atoms with van der Waals surface area (Å²) in [5, 5.41) is 0.735. The molecule has 3 rings (SSSR count). The van der Waals surface area contributed by atoms with Gasteiger partial charge < -0.3 is 9.80 Å². The topological polar surface area (TPSA) is 62.1 Å². The third kappa shape index (κ3) is 4.72. The number of nitrogens with zero attached hydrogens (tertiary/aromatic N) is 2. The highest BCUT2D eigenvalue weighted by molar-refractivity contribution is 7.89. The summed E-state index contributed by atoms with van der Waals surface area (Å²) in [4.78, 5) is 16.2. The van der Waals surface area contributed by atoms with Crippen LogP contribution in [0.25, 0.3) is 0 Å². The number of amides is 1. The molecule has 0 radical (unpaired) electrons. The Morgan fingerprint density at radius 1 is 1.11 bits per heavy atom. The molecule has 0 unspecified atom stereocenters. The zero-order valence-corrected chi connectivity index (χ0v) is 17.6. The first kappa shape index (κ1) is 20.8. The van der Waals surface area contributed by atoms with Crippen LogP contribution in [0.15, 0.2) is 53.4 Å². The van der Waals surface area contributed by atoms with E-state index in [1.54, 1.807) is 17.0 Å². The minimum absolute atomic E-state index is 0.127. The van der Waals surface area contributed by atoms with Crippen molar-refractivity contribution in [2.45, 2.75) is 11.4 Å². The van der Waals surface area contributed by atoms with Crippen LogP contribution in [-0.2, 0) is 16.6 Å². The Morgan fingerprint density at radius 3 is 2.43 bits per heavy atom. The Labute approximate surface area is 171 Å². The van der Waals surface area contributed by atoms with Crippen LogP contribution < -0.4 is 4.90 Å². The molecular formula is C20H25ClN3O3S+. The van der Waals surface area contributed by atoms with Gasteiger partial charge in [0.1, 0.15) is 6.54 Å². The standard InChI is InChI=1S/C20H24ClN3O3S/c1-22(2)28(26,27)19-8-4-6-17(14-19)20(25)24-11-9-23(10-12-24)15-16-5-3-7-18(21)13-16/h3-8,13-14H,9-12,15H2,1-2H3/p+1. The Kier molecular flexibility index (Phi) is 6.40. The third-order valence-electron chi connectivity index (χ3n) is 4.96. The maximum absolute atomic E-state index is 12.8. The molecule has 0 spiro atoms. The predicted octanol–water partition coefficient (Wildman–Crippen LogP) is 1.13. The first-order valence-electron chi connectivity index (χ1n) is 9.17. The maximum atomic E-state index is 12.8. The van der Waals surface area contributed by atoms with E-state index in [1.807, 2.05) is 18.2 Å². The molecule has 0 saturated carbocycles. The Hall–Kier alpha value is -1.93. The van der Waals surface area contributed by atoms with Gasteiger partial charge in [0.05, 0.1) is 31.1 Å². The molecule has 0 atom stereocenters. The number of benzene rings is 2. The van der Waals surface area contributed by atoms with Gasteiger partial charge in [-0.05, 0) is 30.3 Å². The zero-order valence-electron chi connectivity index (χ0n) is 16.1. The van der Waals surface area contributed by atoms with E-state index >= 15 is 0 Å². The van der Waals surface area contributed by atoms with Gasteiger partial charge >= 0.3 is 0 Å². The monoisotopic (exact) mass is 422 g/mol. The predicted molar refractivity (Wildman–Crippen MR) is 109 cm³/mol. The number of quaternary nitrogens is 1. The lowest BCUT2D eigenvalue weighted by molar-refractivity contribution is -0.917. The number of sulfonamides is 1. The Morgan fingerprint density at radius 2 is 1.79 bits per heavy atom. The molecule has 150 valence electrons. The number of hydrogen-bond donors (Lipinski definition) is 1. The lowest BCUT2D eigenvalue weighted by Crippen LogP contribution is -3.13. The number of nitrogens with one attached hydrogen (secondary N) is 1. The van der Waals surface area contributed by atoms with Crippen molar-refractivity contribution in [1.82, 2.24) is 9.21 Å². The lowest BCUT2D eigenvalue weighted by Gasteiger charge is -2.32. The van der Waals surface area contributed by atoms with E-state index in [9.17, 15) is 13.2 Å². The lowest BCUT2D eigenvalue weighted by atomic mass is 10.1. The molecule has 6 nitrogen and oxygen atoms in total. The van der Waals surface area contributed by atoms with Crippen molar-refractivity contribution in [3.63, 3.8) is 0 Å². The van der Waals surface area contributed by atoms with Gasteiger partial charge in [-0.2, -0.15) is 0 Å². The molecule has 1 N–H and O–H groups in total. The van der Waals surface area contributed by atoms with Crippen molar-refractivity contribution in [3.05, 3.63) is 64.7 Å². The highest BCUT2D eigenvalue weighted by Crippen LogP contribution is 2.16. The molecule has 28 heavy (non-hydrogen) atoms. The first-order valence-corrected chi connectivity index (χ1v) is 11.0. The third-order valence-corrected chi connectivity index (χ3v) is 7.01. The van der Waals surface area contributed by atoms with Gasteiger partial charge in [-0.1, -0.05) is 29.8 Å². The van der Waals surface area contributed by atoms with Gasteiger partial charge in [0.25, 0.3) is 5.91 Å². The Balaban J connectivity index is 1.64. The number of hydrogen-bond acceptors (Lipinski definition) is 3. The van der Waals surface area contributed by atoms with Gasteiger partial charge in [-0.15, -0.1) is 0 Å². The van der Waals surface area contributed by atoms with Crippen LogP contribution in [0.3, 0.4) is 0 Å². The highest BCUT2D eigenvalue weighted by atomic mass is 35.5. The number of carbonyl (C=O) groups excluding carboxylic acids is 1. The molecule has 0 bridgehead atoms. The quantitative estimate of drug-likeness (QED) is 0.785. The molecule has 1 saturated heterocycles. The molecule has 1 amide bonds. The molecule has 1 aliphatic rings. The second-order valence-corrected chi connectivity index (χ2v) is 9.75. The highest BCUT2D eigenvalue weighted by Gasteiger charge is 2.26. The van der Waals surface area contributed by atoms with Crippen LogP contribution in [0.2, 0.25) is 5.02 Å². The molecule has 1 aliphatic heterocycles. The molecule has 1 fully saturated rings. The van der Waals surface area contributed by atoms with Crippen LogP contribution in [0, 0.1) is 0 Å². The van der Waals surface area contributed by atoms with E-state index in [4.69, 9.17) is 11.6 Å². The summed E-state index contributed by atoms with van der Waals surface area (Å²) in [6.45, 7) is 3.83. The van der Waals surface area contributed by atoms with Crippen molar-refractivity contribution in [1.29, 1.82) is 0 Å². The number of piperazine rings is 1. The van der Waals surface area contributed by atoms with Gasteiger partial charge in [0.2, 0.25) is 10.0 Å². The van der Waals surface area contributed by atoms with Crippen molar-refractivity contribution in [3.8, 4) is 0 Å². The minimum Gasteiger partial charge on any atom is -0.328 e. The Bertz CT molecular complexity index is 955. The maximum Gasteiger partial charge on any atom is 0.254 e. The van der Waals surface area contributed by atoms with E-state index in [1.165, 1.54) is 36.7 Å². The normalized spacial score (nSPS) is 15.8. The summed E-state index contributed by atoms with van der Waals surface area (Å²) in [6, 6.07) is 14.1. The SMILES string of the molecule is CN(C)S(=O)(=O)c1cccc(C(=O)N2CC[NH+](Cc3cccc(Cl)c3)CC2)c1. The summed E-state index contributed by atoms with van der Waals surface area (Å²) < 4.78 is 25.8. The van der Waals surface area contributed by atoms with Gasteiger partial charge in [0.15, 0.2) is 0 Å². The van der Waals surface area contributed by atoms with Crippen LogP contribution >= 0.6 is 11.6 Å². The molecule has 2 aromatic rings. The van der Waals surface area contributed by atoms with Crippen LogP contribution in [0.4, 0.5) is 0 Å². The molecular weight excluding hydrogens is 398 g/mol. The fourth-order valence-electron chi connectivity index (χ4n) is 3.32. The molecule has 2 aromatic carbocycles. The van der Waals surface area contributed by atoms with Gasteiger partial charge in [-0.25, -0.2) is 12.7 Å². The van der Waals surface area contributed by atoms with Crippen LogP contribution in [0.5, 0.6) is 0 Å². The van der Waals surface area contributed by atoms with Crippen molar-refractivity contribution in [2.75, 3.05) is 40.3 Å². The largest absolute Gasteiger partial charge is 0.328 e.